The number of nitrogens with one attached hydrogen (secondary N) is 1. The first-order chi connectivity index (χ1) is 9.19. The summed E-state index contributed by atoms with van der Waals surface area (Å²) >= 11 is 0. The van der Waals surface area contributed by atoms with Crippen LogP contribution in [-0.4, -0.2) is 23.1 Å². The van der Waals surface area contributed by atoms with E-state index in [9.17, 15) is 0 Å². The maximum atomic E-state index is 5.14. The number of aromatic nitrogens is 2. The van der Waals surface area contributed by atoms with Gasteiger partial charge < -0.3 is 10.1 Å². The normalized spacial score (nSPS) is 10.7. The summed E-state index contributed by atoms with van der Waals surface area (Å²) in [6.45, 7) is 4.99. The van der Waals surface area contributed by atoms with Crippen molar-refractivity contribution in [2.45, 2.75) is 26.4 Å². The van der Waals surface area contributed by atoms with Gasteiger partial charge >= 0.3 is 0 Å². The second-order valence-electron chi connectivity index (χ2n) is 4.64. The summed E-state index contributed by atoms with van der Waals surface area (Å²) in [5.41, 5.74) is 1.99. The second kappa shape index (κ2) is 6.29. The number of hydrogen-bond acceptors (Lipinski definition) is 4. The molecule has 1 N–H and O–H groups in total. The van der Waals surface area contributed by atoms with Crippen LogP contribution in [0, 0.1) is 0 Å². The first-order valence-electron chi connectivity index (χ1n) is 6.39. The Hall–Kier alpha value is -1.94. The minimum absolute atomic E-state index is 0.444. The summed E-state index contributed by atoms with van der Waals surface area (Å²) in [6, 6.07) is 10.1. The zero-order valence-corrected chi connectivity index (χ0v) is 11.6. The van der Waals surface area contributed by atoms with E-state index in [1.807, 2.05) is 30.3 Å². The van der Waals surface area contributed by atoms with E-state index < -0.39 is 0 Å². The highest BCUT2D eigenvalue weighted by atomic mass is 16.5. The van der Waals surface area contributed by atoms with Crippen molar-refractivity contribution >= 4 is 0 Å². The van der Waals surface area contributed by atoms with Crippen LogP contribution >= 0.6 is 0 Å². The maximum Gasteiger partial charge on any atom is 0.159 e. The number of benzene rings is 1. The van der Waals surface area contributed by atoms with E-state index in [4.69, 9.17) is 4.74 Å². The number of hydrogen-bond donors (Lipinski definition) is 1. The van der Waals surface area contributed by atoms with Gasteiger partial charge in [-0.25, -0.2) is 9.97 Å². The molecule has 0 amide bonds. The zero-order chi connectivity index (χ0) is 13.7. The van der Waals surface area contributed by atoms with E-state index >= 15 is 0 Å². The third-order valence-electron chi connectivity index (χ3n) is 2.75. The molecule has 0 spiro atoms. The second-order valence-corrected chi connectivity index (χ2v) is 4.64. The van der Waals surface area contributed by atoms with Gasteiger partial charge in [0.2, 0.25) is 0 Å². The van der Waals surface area contributed by atoms with Crippen molar-refractivity contribution in [3.8, 4) is 17.1 Å². The Bertz CT molecular complexity index is 523. The summed E-state index contributed by atoms with van der Waals surface area (Å²) < 4.78 is 5.14. The smallest absolute Gasteiger partial charge is 0.159 e. The van der Waals surface area contributed by atoms with Crippen molar-refractivity contribution in [3.05, 3.63) is 42.2 Å². The summed E-state index contributed by atoms with van der Waals surface area (Å²) in [5.74, 6) is 1.58. The lowest BCUT2D eigenvalue weighted by Gasteiger charge is -2.08. The van der Waals surface area contributed by atoms with E-state index in [0.29, 0.717) is 6.04 Å². The van der Waals surface area contributed by atoms with Crippen LogP contribution in [0.3, 0.4) is 0 Å². The summed E-state index contributed by atoms with van der Waals surface area (Å²) in [6.07, 6.45) is 1.80. The highest BCUT2D eigenvalue weighted by Gasteiger charge is 2.03. The van der Waals surface area contributed by atoms with Gasteiger partial charge in [-0.15, -0.1) is 0 Å². The largest absolute Gasteiger partial charge is 0.497 e. The first-order valence-corrected chi connectivity index (χ1v) is 6.39. The lowest BCUT2D eigenvalue weighted by Crippen LogP contribution is -2.22. The Morgan fingerprint density at radius 2 is 1.89 bits per heavy atom. The molecule has 0 saturated carbocycles. The molecule has 0 unspecified atom stereocenters. The van der Waals surface area contributed by atoms with Gasteiger partial charge in [0, 0.05) is 24.3 Å². The number of nitrogens with zero attached hydrogens (tertiary/aromatic N) is 2. The Kier molecular flexibility index (Phi) is 4.47. The van der Waals surface area contributed by atoms with Crippen LogP contribution in [0.2, 0.25) is 0 Å². The van der Waals surface area contributed by atoms with Gasteiger partial charge in [-0.05, 0) is 30.3 Å². The summed E-state index contributed by atoms with van der Waals surface area (Å²) in [4.78, 5) is 8.87. The molecule has 1 aromatic carbocycles. The van der Waals surface area contributed by atoms with Crippen LogP contribution in [0.4, 0.5) is 0 Å². The van der Waals surface area contributed by atoms with Gasteiger partial charge in [0.05, 0.1) is 12.8 Å². The van der Waals surface area contributed by atoms with Crippen molar-refractivity contribution in [2.75, 3.05) is 7.11 Å². The van der Waals surface area contributed by atoms with E-state index in [1.165, 1.54) is 0 Å². The minimum Gasteiger partial charge on any atom is -0.497 e. The van der Waals surface area contributed by atoms with Crippen molar-refractivity contribution in [3.63, 3.8) is 0 Å². The molecule has 100 valence electrons. The number of rotatable bonds is 5. The Morgan fingerprint density at radius 3 is 2.53 bits per heavy atom. The topological polar surface area (TPSA) is 47.0 Å². The summed E-state index contributed by atoms with van der Waals surface area (Å²) in [5, 5.41) is 3.35. The molecule has 0 saturated heterocycles. The van der Waals surface area contributed by atoms with Crippen LogP contribution in [0.25, 0.3) is 11.4 Å². The quantitative estimate of drug-likeness (QED) is 0.894. The third-order valence-corrected chi connectivity index (χ3v) is 2.75. The van der Waals surface area contributed by atoms with E-state index in [-0.39, 0.29) is 0 Å². The van der Waals surface area contributed by atoms with Gasteiger partial charge in [0.25, 0.3) is 0 Å². The molecule has 0 bridgehead atoms. The standard InChI is InChI=1S/C15H19N3O/c1-11(2)17-10-13-8-9-16-15(18-13)12-4-6-14(19-3)7-5-12/h4-9,11,17H,10H2,1-3H3. The van der Waals surface area contributed by atoms with E-state index in [2.05, 4.69) is 29.1 Å². The first kappa shape index (κ1) is 13.5. The fourth-order valence-corrected chi connectivity index (χ4v) is 1.68. The Balaban J connectivity index is 2.17. The molecule has 1 heterocycles. The van der Waals surface area contributed by atoms with Gasteiger partial charge in [-0.2, -0.15) is 0 Å². The minimum atomic E-state index is 0.444. The summed E-state index contributed by atoms with van der Waals surface area (Å²) in [7, 11) is 1.66. The number of ether oxygens (including phenoxy) is 1. The fraction of sp³-hybridized carbons (Fsp3) is 0.333. The van der Waals surface area contributed by atoms with Gasteiger partial charge in [-0.3, -0.25) is 0 Å². The Labute approximate surface area is 113 Å². The molecule has 2 aromatic rings. The average molecular weight is 257 g/mol. The predicted octanol–water partition coefficient (Wildman–Crippen LogP) is 2.65. The van der Waals surface area contributed by atoms with Crippen LogP contribution < -0.4 is 10.1 Å². The van der Waals surface area contributed by atoms with Crippen molar-refractivity contribution in [1.82, 2.24) is 15.3 Å². The van der Waals surface area contributed by atoms with Crippen LogP contribution in [0.1, 0.15) is 19.5 Å². The third kappa shape index (κ3) is 3.76. The monoisotopic (exact) mass is 257 g/mol. The lowest BCUT2D eigenvalue weighted by atomic mass is 10.2. The SMILES string of the molecule is COc1ccc(-c2nccc(CNC(C)C)n2)cc1. The number of methoxy groups -OCH3 is 1. The van der Waals surface area contributed by atoms with Gasteiger partial charge in [-0.1, -0.05) is 13.8 Å². The van der Waals surface area contributed by atoms with Gasteiger partial charge in [0.15, 0.2) is 5.82 Å². The molecule has 19 heavy (non-hydrogen) atoms. The van der Waals surface area contributed by atoms with E-state index in [1.54, 1.807) is 13.3 Å². The Morgan fingerprint density at radius 1 is 1.16 bits per heavy atom. The van der Waals surface area contributed by atoms with Crippen LogP contribution in [0.15, 0.2) is 36.5 Å². The van der Waals surface area contributed by atoms with Crippen molar-refractivity contribution in [2.24, 2.45) is 0 Å². The zero-order valence-electron chi connectivity index (χ0n) is 11.6. The van der Waals surface area contributed by atoms with Crippen LogP contribution in [0.5, 0.6) is 5.75 Å². The average Bonchev–Trinajstić information content (AvgIpc) is 2.45. The molecule has 0 aliphatic carbocycles. The molecule has 0 fully saturated rings. The molecule has 0 aliphatic heterocycles. The molecule has 4 heteroatoms. The van der Waals surface area contributed by atoms with Gasteiger partial charge in [0.1, 0.15) is 5.75 Å². The van der Waals surface area contributed by atoms with Crippen molar-refractivity contribution < 1.29 is 4.74 Å². The lowest BCUT2D eigenvalue weighted by molar-refractivity contribution is 0.415. The molecule has 0 aliphatic rings. The highest BCUT2D eigenvalue weighted by Crippen LogP contribution is 2.18. The van der Waals surface area contributed by atoms with Crippen LogP contribution in [-0.2, 0) is 6.54 Å². The highest BCUT2D eigenvalue weighted by molar-refractivity contribution is 5.56. The molecule has 2 rings (SSSR count). The predicted molar refractivity (Wildman–Crippen MR) is 76.0 cm³/mol. The molecule has 1 aromatic heterocycles. The molecule has 0 radical (unpaired) electrons. The molecular weight excluding hydrogens is 238 g/mol. The van der Waals surface area contributed by atoms with E-state index in [0.717, 1.165) is 29.4 Å². The fourth-order valence-electron chi connectivity index (χ4n) is 1.68. The molecule has 0 atom stereocenters. The molecule has 4 nitrogen and oxygen atoms in total. The molecular formula is C15H19N3O. The maximum absolute atomic E-state index is 5.14. The van der Waals surface area contributed by atoms with Crippen molar-refractivity contribution in [1.29, 1.82) is 0 Å².